The van der Waals surface area contributed by atoms with Gasteiger partial charge in [0.25, 0.3) is 0 Å². The third-order valence-electron chi connectivity index (χ3n) is 8.42. The summed E-state index contributed by atoms with van der Waals surface area (Å²) in [7, 11) is 2.28. The largest absolute Gasteiger partial charge is 0.490 e. The Balaban J connectivity index is 1.53. The highest BCUT2D eigenvalue weighted by Gasteiger charge is 2.27. The van der Waals surface area contributed by atoms with E-state index in [1.54, 1.807) is 0 Å². The summed E-state index contributed by atoms with van der Waals surface area (Å²) in [5.41, 5.74) is 10.5. The Hall–Kier alpha value is -2.65. The van der Waals surface area contributed by atoms with Crippen molar-refractivity contribution in [3.63, 3.8) is 0 Å². The van der Waals surface area contributed by atoms with Gasteiger partial charge >= 0.3 is 0 Å². The molecule has 5 rings (SSSR count). The van der Waals surface area contributed by atoms with Crippen LogP contribution in [0.15, 0.2) is 48.5 Å². The molecule has 1 saturated carbocycles. The molecule has 0 unspecified atom stereocenters. The fourth-order valence-corrected chi connectivity index (χ4v) is 6.40. The Kier molecular flexibility index (Phi) is 7.76. The molecule has 2 aliphatic rings. The predicted molar refractivity (Wildman–Crippen MR) is 150 cm³/mol. The SMILES string of the molecule is CCc1cccc(CC)c1-c1cc(OC2CCCC2)c(CN(C)[C@H]2CCCc3ccccc32)c(C)n1. The van der Waals surface area contributed by atoms with Crippen molar-refractivity contribution in [1.82, 2.24) is 9.88 Å². The van der Waals surface area contributed by atoms with Crippen molar-refractivity contribution in [3.05, 3.63) is 82.0 Å². The molecule has 36 heavy (non-hydrogen) atoms. The number of pyridine rings is 1. The molecule has 2 aromatic carbocycles. The lowest BCUT2D eigenvalue weighted by atomic mass is 9.87. The van der Waals surface area contributed by atoms with E-state index in [9.17, 15) is 0 Å². The fraction of sp³-hybridized carbons (Fsp3) is 0.485. The van der Waals surface area contributed by atoms with E-state index >= 15 is 0 Å². The van der Waals surface area contributed by atoms with Crippen molar-refractivity contribution >= 4 is 0 Å². The van der Waals surface area contributed by atoms with Gasteiger partial charge in [-0.05, 0) is 94.0 Å². The zero-order valence-corrected chi connectivity index (χ0v) is 22.6. The molecule has 3 heteroatoms. The average molecular weight is 483 g/mol. The van der Waals surface area contributed by atoms with Gasteiger partial charge < -0.3 is 4.74 Å². The quantitative estimate of drug-likeness (QED) is 0.325. The molecule has 2 aliphatic carbocycles. The first-order chi connectivity index (χ1) is 17.6. The topological polar surface area (TPSA) is 25.4 Å². The lowest BCUT2D eigenvalue weighted by molar-refractivity contribution is 0.189. The minimum atomic E-state index is 0.325. The van der Waals surface area contributed by atoms with Crippen molar-refractivity contribution in [3.8, 4) is 17.0 Å². The molecule has 0 spiro atoms. The van der Waals surface area contributed by atoms with Gasteiger partial charge in [0.15, 0.2) is 0 Å². The molecular weight excluding hydrogens is 440 g/mol. The third kappa shape index (κ3) is 5.09. The fourth-order valence-electron chi connectivity index (χ4n) is 6.40. The maximum Gasteiger partial charge on any atom is 0.128 e. The van der Waals surface area contributed by atoms with Crippen molar-refractivity contribution < 1.29 is 4.74 Å². The molecule has 1 heterocycles. The Labute approximate surface area is 217 Å². The maximum atomic E-state index is 6.79. The number of rotatable bonds is 8. The summed E-state index contributed by atoms with van der Waals surface area (Å²) in [5, 5.41) is 0. The molecule has 0 saturated heterocycles. The van der Waals surface area contributed by atoms with Gasteiger partial charge in [0.1, 0.15) is 5.75 Å². The molecule has 1 aromatic heterocycles. The number of hydrogen-bond donors (Lipinski definition) is 0. The second-order valence-electron chi connectivity index (χ2n) is 10.8. The highest BCUT2D eigenvalue weighted by Crippen LogP contribution is 2.38. The lowest BCUT2D eigenvalue weighted by Gasteiger charge is -2.34. The summed E-state index contributed by atoms with van der Waals surface area (Å²) >= 11 is 0. The van der Waals surface area contributed by atoms with Crippen LogP contribution in [-0.4, -0.2) is 23.0 Å². The number of fused-ring (bicyclic) bond motifs is 1. The first-order valence-electron chi connectivity index (χ1n) is 14.1. The molecular formula is C33H42N2O. The second-order valence-corrected chi connectivity index (χ2v) is 10.8. The van der Waals surface area contributed by atoms with Crippen LogP contribution < -0.4 is 4.74 Å². The first kappa shape index (κ1) is 25.0. The van der Waals surface area contributed by atoms with Crippen LogP contribution in [0, 0.1) is 6.92 Å². The molecule has 190 valence electrons. The molecule has 0 N–H and O–H groups in total. The van der Waals surface area contributed by atoms with Crippen molar-refractivity contribution in [2.24, 2.45) is 0 Å². The van der Waals surface area contributed by atoms with Gasteiger partial charge in [0.2, 0.25) is 0 Å². The number of nitrogens with zero attached hydrogens (tertiary/aromatic N) is 2. The molecule has 0 amide bonds. The van der Waals surface area contributed by atoms with Crippen LogP contribution in [0.4, 0.5) is 0 Å². The number of aryl methyl sites for hydroxylation is 4. The van der Waals surface area contributed by atoms with Crippen molar-refractivity contribution in [2.75, 3.05) is 7.05 Å². The monoisotopic (exact) mass is 482 g/mol. The summed E-state index contributed by atoms with van der Waals surface area (Å²) in [4.78, 5) is 7.76. The van der Waals surface area contributed by atoms with E-state index in [1.165, 1.54) is 65.5 Å². The zero-order chi connectivity index (χ0) is 25.1. The van der Waals surface area contributed by atoms with E-state index in [2.05, 4.69) is 81.2 Å². The van der Waals surface area contributed by atoms with Gasteiger partial charge in [-0.25, -0.2) is 0 Å². The lowest BCUT2D eigenvalue weighted by Crippen LogP contribution is -2.28. The van der Waals surface area contributed by atoms with Gasteiger partial charge in [0, 0.05) is 35.5 Å². The molecule has 3 nitrogen and oxygen atoms in total. The first-order valence-corrected chi connectivity index (χ1v) is 14.1. The van der Waals surface area contributed by atoms with Gasteiger partial charge in [-0.15, -0.1) is 0 Å². The zero-order valence-electron chi connectivity index (χ0n) is 22.6. The van der Waals surface area contributed by atoms with E-state index < -0.39 is 0 Å². The Morgan fingerprint density at radius 2 is 1.64 bits per heavy atom. The van der Waals surface area contributed by atoms with Gasteiger partial charge in [0.05, 0.1) is 11.8 Å². The summed E-state index contributed by atoms with van der Waals surface area (Å²) in [6.45, 7) is 7.53. The van der Waals surface area contributed by atoms with Crippen LogP contribution in [0.3, 0.4) is 0 Å². The van der Waals surface area contributed by atoms with E-state index in [4.69, 9.17) is 9.72 Å². The Morgan fingerprint density at radius 3 is 2.36 bits per heavy atom. The van der Waals surface area contributed by atoms with Gasteiger partial charge in [-0.2, -0.15) is 0 Å². The summed E-state index contributed by atoms with van der Waals surface area (Å²) in [5.74, 6) is 1.05. The highest BCUT2D eigenvalue weighted by atomic mass is 16.5. The highest BCUT2D eigenvalue weighted by molar-refractivity contribution is 5.70. The van der Waals surface area contributed by atoms with E-state index in [-0.39, 0.29) is 0 Å². The summed E-state index contributed by atoms with van der Waals surface area (Å²) in [6.07, 6.45) is 10.9. The molecule has 3 aromatic rings. The van der Waals surface area contributed by atoms with Crippen molar-refractivity contribution in [1.29, 1.82) is 0 Å². The van der Waals surface area contributed by atoms with Crippen LogP contribution in [0.2, 0.25) is 0 Å². The molecule has 0 radical (unpaired) electrons. The molecule has 1 atom stereocenters. The molecule has 1 fully saturated rings. The Bertz CT molecular complexity index is 1170. The molecule has 0 bridgehead atoms. The normalized spacial score (nSPS) is 18.0. The van der Waals surface area contributed by atoms with Crippen LogP contribution in [0.5, 0.6) is 5.75 Å². The third-order valence-corrected chi connectivity index (χ3v) is 8.42. The average Bonchev–Trinajstić information content (AvgIpc) is 3.42. The maximum absolute atomic E-state index is 6.79. The number of benzene rings is 2. The number of hydrogen-bond acceptors (Lipinski definition) is 3. The molecule has 0 aliphatic heterocycles. The van der Waals surface area contributed by atoms with Crippen LogP contribution >= 0.6 is 0 Å². The van der Waals surface area contributed by atoms with Crippen LogP contribution in [-0.2, 0) is 25.8 Å². The summed E-state index contributed by atoms with van der Waals surface area (Å²) in [6, 6.07) is 18.4. The predicted octanol–water partition coefficient (Wildman–Crippen LogP) is 8.01. The number of aromatic nitrogens is 1. The van der Waals surface area contributed by atoms with E-state index in [0.29, 0.717) is 12.1 Å². The van der Waals surface area contributed by atoms with Gasteiger partial charge in [-0.3, -0.25) is 9.88 Å². The smallest absolute Gasteiger partial charge is 0.128 e. The number of ether oxygens (including phenoxy) is 1. The van der Waals surface area contributed by atoms with E-state index in [0.717, 1.165) is 49.4 Å². The van der Waals surface area contributed by atoms with Crippen molar-refractivity contribution in [2.45, 2.75) is 97.2 Å². The minimum absolute atomic E-state index is 0.325. The van der Waals surface area contributed by atoms with Gasteiger partial charge in [-0.1, -0.05) is 56.3 Å². The standard InChI is InChI=1S/C33H42N2O/c1-5-24-14-11-15-25(6-2)33(24)30-21-32(36-27-17-8-9-18-27)29(23(3)34-30)22-35(4)31-20-12-16-26-13-7-10-19-28(26)31/h7,10-11,13-15,19,21,27,31H,5-6,8-9,12,16-18,20,22H2,1-4H3/t31-/m0/s1. The Morgan fingerprint density at radius 1 is 0.917 bits per heavy atom. The van der Waals surface area contributed by atoms with Crippen LogP contribution in [0.25, 0.3) is 11.3 Å². The minimum Gasteiger partial charge on any atom is -0.490 e. The van der Waals surface area contributed by atoms with E-state index in [1.807, 2.05) is 0 Å². The second kappa shape index (κ2) is 11.2. The summed E-state index contributed by atoms with van der Waals surface area (Å²) < 4.78 is 6.79. The van der Waals surface area contributed by atoms with Crippen LogP contribution in [0.1, 0.15) is 91.9 Å².